The molecule has 1 amide bonds. The van der Waals surface area contributed by atoms with Crippen LogP contribution in [0.5, 0.6) is 0 Å². The van der Waals surface area contributed by atoms with Gasteiger partial charge in [-0.15, -0.1) is 0 Å². The number of aliphatic hydroxyl groups excluding tert-OH is 1. The highest BCUT2D eigenvalue weighted by Crippen LogP contribution is 2.34. The number of carbonyl (C=O) groups is 1. The molecule has 0 radical (unpaired) electrons. The van der Waals surface area contributed by atoms with E-state index in [-0.39, 0.29) is 17.4 Å². The normalized spacial score (nSPS) is 28.9. The highest BCUT2D eigenvalue weighted by Gasteiger charge is 2.36. The van der Waals surface area contributed by atoms with E-state index in [1.807, 2.05) is 0 Å². The smallest absolute Gasteiger partial charge is 0.234 e. The summed E-state index contributed by atoms with van der Waals surface area (Å²) in [4.78, 5) is 14.4. The zero-order valence-corrected chi connectivity index (χ0v) is 15.3. The first-order valence-corrected chi connectivity index (χ1v) is 9.56. The maximum absolute atomic E-state index is 12.3. The number of hydrogen-bond acceptors (Lipinski definition) is 3. The summed E-state index contributed by atoms with van der Waals surface area (Å²) in [5.74, 6) is 0.462. The molecule has 2 fully saturated rings. The van der Waals surface area contributed by atoms with Crippen molar-refractivity contribution in [1.29, 1.82) is 0 Å². The second kappa shape index (κ2) is 8.48. The largest absolute Gasteiger partial charge is 0.391 e. The van der Waals surface area contributed by atoms with Crippen LogP contribution in [0.25, 0.3) is 0 Å². The zero-order valence-electron chi connectivity index (χ0n) is 15.3. The highest BCUT2D eigenvalue weighted by atomic mass is 16.3. The third-order valence-corrected chi connectivity index (χ3v) is 5.62. The number of likely N-dealkylation sites (tertiary alicyclic amines) is 1. The summed E-state index contributed by atoms with van der Waals surface area (Å²) < 4.78 is 0. The van der Waals surface area contributed by atoms with Crippen LogP contribution in [0.15, 0.2) is 0 Å². The second-order valence-electron chi connectivity index (χ2n) is 8.67. The van der Waals surface area contributed by atoms with E-state index in [9.17, 15) is 9.90 Å². The summed E-state index contributed by atoms with van der Waals surface area (Å²) in [5, 5.41) is 13.6. The van der Waals surface area contributed by atoms with E-state index in [0.29, 0.717) is 25.0 Å². The van der Waals surface area contributed by atoms with Crippen molar-refractivity contribution in [2.24, 2.45) is 11.3 Å². The molecule has 1 saturated heterocycles. The number of piperidine rings is 1. The van der Waals surface area contributed by atoms with E-state index in [0.717, 1.165) is 25.8 Å². The van der Waals surface area contributed by atoms with Crippen molar-refractivity contribution in [3.8, 4) is 0 Å². The minimum atomic E-state index is -0.321. The minimum absolute atomic E-state index is 0.132. The van der Waals surface area contributed by atoms with Crippen molar-refractivity contribution >= 4 is 5.91 Å². The Balaban J connectivity index is 1.75. The van der Waals surface area contributed by atoms with Gasteiger partial charge in [-0.2, -0.15) is 0 Å². The molecule has 1 aliphatic heterocycles. The first-order valence-electron chi connectivity index (χ1n) is 9.56. The molecule has 0 aromatic heterocycles. The van der Waals surface area contributed by atoms with Gasteiger partial charge in [0.15, 0.2) is 0 Å². The van der Waals surface area contributed by atoms with Crippen molar-refractivity contribution in [3.05, 3.63) is 0 Å². The van der Waals surface area contributed by atoms with Gasteiger partial charge in [0, 0.05) is 12.6 Å². The summed E-state index contributed by atoms with van der Waals surface area (Å²) >= 11 is 0. The van der Waals surface area contributed by atoms with E-state index in [4.69, 9.17) is 0 Å². The lowest BCUT2D eigenvalue weighted by molar-refractivity contribution is -0.124. The van der Waals surface area contributed by atoms with Crippen molar-refractivity contribution in [2.75, 3.05) is 19.6 Å². The minimum Gasteiger partial charge on any atom is -0.391 e. The van der Waals surface area contributed by atoms with Crippen LogP contribution >= 0.6 is 0 Å². The number of nitrogens with one attached hydrogen (secondary N) is 1. The molecule has 2 rings (SSSR count). The van der Waals surface area contributed by atoms with Crippen molar-refractivity contribution in [2.45, 2.75) is 84.3 Å². The lowest BCUT2D eigenvalue weighted by Crippen LogP contribution is -2.51. The van der Waals surface area contributed by atoms with Crippen LogP contribution in [0.4, 0.5) is 0 Å². The van der Waals surface area contributed by atoms with Crippen molar-refractivity contribution < 1.29 is 9.90 Å². The SMILES string of the molecule is CC(C)(C)[C@@H]1CCN(CC(=O)NC2CCCCCCC2)C[C@@H]1O. The Morgan fingerprint density at radius 1 is 1.09 bits per heavy atom. The Bertz CT molecular complexity index is 370. The fourth-order valence-corrected chi connectivity index (χ4v) is 4.23. The molecule has 2 atom stereocenters. The molecule has 23 heavy (non-hydrogen) atoms. The van der Waals surface area contributed by atoms with Crippen molar-refractivity contribution in [3.63, 3.8) is 0 Å². The maximum Gasteiger partial charge on any atom is 0.234 e. The van der Waals surface area contributed by atoms with Crippen LogP contribution in [0.3, 0.4) is 0 Å². The van der Waals surface area contributed by atoms with Gasteiger partial charge in [-0.3, -0.25) is 9.69 Å². The van der Waals surface area contributed by atoms with Gasteiger partial charge < -0.3 is 10.4 Å². The molecule has 134 valence electrons. The molecule has 0 aromatic carbocycles. The average Bonchev–Trinajstić information content (AvgIpc) is 2.40. The summed E-state index contributed by atoms with van der Waals surface area (Å²) in [5.41, 5.74) is 0.132. The second-order valence-corrected chi connectivity index (χ2v) is 8.67. The average molecular weight is 325 g/mol. The number of aliphatic hydroxyl groups is 1. The van der Waals surface area contributed by atoms with E-state index in [1.54, 1.807) is 0 Å². The van der Waals surface area contributed by atoms with Gasteiger partial charge >= 0.3 is 0 Å². The van der Waals surface area contributed by atoms with Gasteiger partial charge in [-0.1, -0.05) is 52.9 Å². The van der Waals surface area contributed by atoms with E-state index >= 15 is 0 Å². The Labute approximate surface area is 142 Å². The molecule has 1 aliphatic carbocycles. The van der Waals surface area contributed by atoms with Gasteiger partial charge in [-0.05, 0) is 37.1 Å². The Hall–Kier alpha value is -0.610. The monoisotopic (exact) mass is 324 g/mol. The lowest BCUT2D eigenvalue weighted by atomic mass is 9.74. The predicted molar refractivity (Wildman–Crippen MR) is 94.3 cm³/mol. The number of nitrogens with zero attached hydrogens (tertiary/aromatic N) is 1. The maximum atomic E-state index is 12.3. The third-order valence-electron chi connectivity index (χ3n) is 5.62. The molecule has 2 aliphatic rings. The van der Waals surface area contributed by atoms with E-state index in [1.165, 1.54) is 32.1 Å². The van der Waals surface area contributed by atoms with Gasteiger partial charge in [0.1, 0.15) is 0 Å². The van der Waals surface area contributed by atoms with Crippen LogP contribution in [0.2, 0.25) is 0 Å². The number of rotatable bonds is 3. The number of β-amino-alcohol motifs (C(OH)–C–C–N with tert-alkyl or cyclic N) is 1. The Kier molecular flexibility index (Phi) is 6.90. The van der Waals surface area contributed by atoms with Crippen LogP contribution in [-0.4, -0.2) is 47.7 Å². The third kappa shape index (κ3) is 6.07. The van der Waals surface area contributed by atoms with Crippen LogP contribution in [0, 0.1) is 11.3 Å². The van der Waals surface area contributed by atoms with Crippen LogP contribution in [-0.2, 0) is 4.79 Å². The molecule has 4 heteroatoms. The van der Waals surface area contributed by atoms with Gasteiger partial charge in [0.05, 0.1) is 12.6 Å². The number of hydrogen-bond donors (Lipinski definition) is 2. The molecule has 0 bridgehead atoms. The van der Waals surface area contributed by atoms with Gasteiger partial charge in [-0.25, -0.2) is 0 Å². The first kappa shape index (κ1) is 18.7. The summed E-state index contributed by atoms with van der Waals surface area (Å²) in [6.45, 7) is 8.55. The summed E-state index contributed by atoms with van der Waals surface area (Å²) in [6.07, 6.45) is 9.33. The van der Waals surface area contributed by atoms with Crippen LogP contribution < -0.4 is 5.32 Å². The molecule has 2 N–H and O–H groups in total. The fourth-order valence-electron chi connectivity index (χ4n) is 4.23. The Morgan fingerprint density at radius 3 is 2.26 bits per heavy atom. The topological polar surface area (TPSA) is 52.6 Å². The molecule has 0 aromatic rings. The standard InChI is InChI=1S/C19H36N2O2/c1-19(2,3)16-11-12-21(13-17(16)22)14-18(23)20-15-9-7-5-4-6-8-10-15/h15-17,22H,4-14H2,1-3H3,(H,20,23)/t16-,17+/m1/s1. The lowest BCUT2D eigenvalue weighted by Gasteiger charge is -2.42. The molecule has 1 saturated carbocycles. The number of carbonyl (C=O) groups excluding carboxylic acids is 1. The Morgan fingerprint density at radius 2 is 1.70 bits per heavy atom. The molecule has 1 heterocycles. The fraction of sp³-hybridized carbons (Fsp3) is 0.947. The molecule has 4 nitrogen and oxygen atoms in total. The van der Waals surface area contributed by atoms with E-state index < -0.39 is 0 Å². The molecule has 0 unspecified atom stereocenters. The van der Waals surface area contributed by atoms with Crippen molar-refractivity contribution in [1.82, 2.24) is 10.2 Å². The van der Waals surface area contributed by atoms with E-state index in [2.05, 4.69) is 31.0 Å². The highest BCUT2D eigenvalue weighted by molar-refractivity contribution is 5.78. The van der Waals surface area contributed by atoms with Gasteiger partial charge in [0.2, 0.25) is 5.91 Å². The first-order chi connectivity index (χ1) is 10.9. The molecular weight excluding hydrogens is 288 g/mol. The number of amides is 1. The summed E-state index contributed by atoms with van der Waals surface area (Å²) in [6, 6.07) is 0.361. The molecular formula is C19H36N2O2. The predicted octanol–water partition coefficient (Wildman–Crippen LogP) is 2.94. The summed E-state index contributed by atoms with van der Waals surface area (Å²) in [7, 11) is 0. The zero-order chi connectivity index (χ0) is 16.9. The van der Waals surface area contributed by atoms with Gasteiger partial charge in [0.25, 0.3) is 0 Å². The molecule has 0 spiro atoms. The van der Waals surface area contributed by atoms with Crippen LogP contribution in [0.1, 0.15) is 72.1 Å². The quantitative estimate of drug-likeness (QED) is 0.839.